The van der Waals surface area contributed by atoms with Crippen LogP contribution in [-0.4, -0.2) is 38.0 Å². The molecule has 27 heavy (non-hydrogen) atoms. The lowest BCUT2D eigenvalue weighted by atomic mass is 10.1. The Morgan fingerprint density at radius 2 is 1.93 bits per heavy atom. The van der Waals surface area contributed by atoms with Crippen LogP contribution in [0.4, 0.5) is 0 Å². The number of nitrogens with one attached hydrogen (secondary N) is 1. The Morgan fingerprint density at radius 3 is 2.48 bits per heavy atom. The van der Waals surface area contributed by atoms with Gasteiger partial charge in [-0.2, -0.15) is 0 Å². The third-order valence-corrected chi connectivity index (χ3v) is 6.92. The summed E-state index contributed by atoms with van der Waals surface area (Å²) in [5.74, 6) is 0.235. The largest absolute Gasteiger partial charge is 0.493 e. The Kier molecular flexibility index (Phi) is 7.49. The number of carbonyl (C=O) groups excluding carboxylic acids is 1. The van der Waals surface area contributed by atoms with Crippen LogP contribution in [0.5, 0.6) is 11.5 Å². The predicted molar refractivity (Wildman–Crippen MR) is 101 cm³/mol. The van der Waals surface area contributed by atoms with E-state index in [0.29, 0.717) is 17.9 Å². The first-order chi connectivity index (χ1) is 12.8. The van der Waals surface area contributed by atoms with Crippen LogP contribution >= 0.6 is 0 Å². The van der Waals surface area contributed by atoms with Crippen molar-refractivity contribution in [2.45, 2.75) is 68.6 Å². The van der Waals surface area contributed by atoms with Gasteiger partial charge in [-0.3, -0.25) is 10.0 Å². The zero-order valence-electron chi connectivity index (χ0n) is 16.1. The van der Waals surface area contributed by atoms with Crippen LogP contribution < -0.4 is 15.0 Å². The summed E-state index contributed by atoms with van der Waals surface area (Å²) in [5, 5.41) is 7.86. The number of rotatable bonds is 9. The number of hydroxylamine groups is 1. The molecule has 0 spiro atoms. The SMILES string of the molecule is COc1ccc(S(=O)(=O)C(CC(=O)NO)CC(C)C)cc1OC1CCCC1. The molecule has 1 amide bonds. The van der Waals surface area contributed by atoms with Crippen molar-refractivity contribution in [1.82, 2.24) is 5.48 Å². The van der Waals surface area contributed by atoms with Crippen molar-refractivity contribution in [3.63, 3.8) is 0 Å². The molecular formula is C19H29NO6S. The van der Waals surface area contributed by atoms with E-state index in [1.165, 1.54) is 24.7 Å². The van der Waals surface area contributed by atoms with E-state index in [-0.39, 0.29) is 23.3 Å². The van der Waals surface area contributed by atoms with Crippen LogP contribution in [0.1, 0.15) is 52.4 Å². The zero-order chi connectivity index (χ0) is 20.0. The van der Waals surface area contributed by atoms with Crippen LogP contribution in [0.2, 0.25) is 0 Å². The molecule has 0 heterocycles. The van der Waals surface area contributed by atoms with Crippen LogP contribution in [0, 0.1) is 5.92 Å². The molecule has 8 heteroatoms. The number of hydrogen-bond donors (Lipinski definition) is 2. The van der Waals surface area contributed by atoms with Gasteiger partial charge in [0.25, 0.3) is 0 Å². The van der Waals surface area contributed by atoms with Crippen molar-refractivity contribution < 1.29 is 27.9 Å². The maximum absolute atomic E-state index is 13.2. The molecule has 1 atom stereocenters. The maximum Gasteiger partial charge on any atom is 0.244 e. The van der Waals surface area contributed by atoms with E-state index in [4.69, 9.17) is 14.7 Å². The van der Waals surface area contributed by atoms with Crippen molar-refractivity contribution in [2.24, 2.45) is 5.92 Å². The Balaban J connectivity index is 2.35. The standard InChI is InChI=1S/C19H29NO6S/c1-13(2)10-16(12-19(21)20-22)27(23,24)15-8-9-17(25-3)18(11-15)26-14-6-4-5-7-14/h8-9,11,13-14,16,22H,4-7,10,12H2,1-3H3,(H,20,21). The molecule has 152 valence electrons. The van der Waals surface area contributed by atoms with Gasteiger partial charge in [0.1, 0.15) is 0 Å². The van der Waals surface area contributed by atoms with Gasteiger partial charge in [-0.25, -0.2) is 13.9 Å². The number of benzene rings is 1. The van der Waals surface area contributed by atoms with Crippen molar-refractivity contribution in [3.05, 3.63) is 18.2 Å². The van der Waals surface area contributed by atoms with Gasteiger partial charge in [-0.05, 0) is 50.2 Å². The Bertz CT molecular complexity index is 741. The average Bonchev–Trinajstić information content (AvgIpc) is 3.13. The van der Waals surface area contributed by atoms with E-state index in [1.807, 2.05) is 13.8 Å². The van der Waals surface area contributed by atoms with Crippen LogP contribution in [0.15, 0.2) is 23.1 Å². The van der Waals surface area contributed by atoms with Gasteiger partial charge < -0.3 is 9.47 Å². The maximum atomic E-state index is 13.2. The number of ether oxygens (including phenoxy) is 2. The number of sulfone groups is 1. The van der Waals surface area contributed by atoms with E-state index in [1.54, 1.807) is 6.07 Å². The number of amides is 1. The highest BCUT2D eigenvalue weighted by atomic mass is 32.2. The predicted octanol–water partition coefficient (Wildman–Crippen LogP) is 3.10. The molecule has 1 aliphatic rings. The van der Waals surface area contributed by atoms with Gasteiger partial charge in [0.2, 0.25) is 5.91 Å². The van der Waals surface area contributed by atoms with E-state index >= 15 is 0 Å². The van der Waals surface area contributed by atoms with Gasteiger partial charge in [0, 0.05) is 12.5 Å². The lowest BCUT2D eigenvalue weighted by Gasteiger charge is -2.21. The Labute approximate surface area is 160 Å². The Morgan fingerprint density at radius 1 is 1.26 bits per heavy atom. The minimum absolute atomic E-state index is 0.0588. The summed E-state index contributed by atoms with van der Waals surface area (Å²) in [6.07, 6.45) is 4.13. The average molecular weight is 400 g/mol. The van der Waals surface area contributed by atoms with Crippen LogP contribution in [0.25, 0.3) is 0 Å². The van der Waals surface area contributed by atoms with Crippen molar-refractivity contribution in [1.29, 1.82) is 0 Å². The quantitative estimate of drug-likeness (QED) is 0.489. The second kappa shape index (κ2) is 9.41. The highest BCUT2D eigenvalue weighted by Gasteiger charge is 2.31. The van der Waals surface area contributed by atoms with Gasteiger partial charge in [0.05, 0.1) is 23.4 Å². The van der Waals surface area contributed by atoms with Gasteiger partial charge in [0.15, 0.2) is 21.3 Å². The first kappa shape index (κ1) is 21.5. The summed E-state index contributed by atoms with van der Waals surface area (Å²) < 4.78 is 37.6. The van der Waals surface area contributed by atoms with Crippen LogP contribution in [-0.2, 0) is 14.6 Å². The topological polar surface area (TPSA) is 102 Å². The second-order valence-electron chi connectivity index (χ2n) is 7.37. The fourth-order valence-corrected chi connectivity index (χ4v) is 5.33. The smallest absolute Gasteiger partial charge is 0.244 e. The molecule has 2 N–H and O–H groups in total. The minimum Gasteiger partial charge on any atom is -0.493 e. The molecule has 1 saturated carbocycles. The Hall–Kier alpha value is -1.80. The molecule has 1 fully saturated rings. The van der Waals surface area contributed by atoms with E-state index in [2.05, 4.69) is 0 Å². The fourth-order valence-electron chi connectivity index (χ4n) is 3.40. The number of hydrogen-bond acceptors (Lipinski definition) is 6. The summed E-state index contributed by atoms with van der Waals surface area (Å²) >= 11 is 0. The second-order valence-corrected chi connectivity index (χ2v) is 9.60. The van der Waals surface area contributed by atoms with Gasteiger partial charge in [-0.15, -0.1) is 0 Å². The summed E-state index contributed by atoms with van der Waals surface area (Å²) in [4.78, 5) is 11.7. The van der Waals surface area contributed by atoms with Crippen LogP contribution in [0.3, 0.4) is 0 Å². The van der Waals surface area contributed by atoms with Crippen molar-refractivity contribution in [2.75, 3.05) is 7.11 Å². The van der Waals surface area contributed by atoms with E-state index < -0.39 is 21.0 Å². The molecule has 7 nitrogen and oxygen atoms in total. The molecule has 0 aliphatic heterocycles. The third-order valence-electron chi connectivity index (χ3n) is 4.77. The normalized spacial score (nSPS) is 16.3. The molecule has 0 saturated heterocycles. The fraction of sp³-hybridized carbons (Fsp3) is 0.632. The molecule has 1 aliphatic carbocycles. The summed E-state index contributed by atoms with van der Waals surface area (Å²) in [6, 6.07) is 4.53. The highest BCUT2D eigenvalue weighted by Crippen LogP contribution is 2.35. The molecule has 0 bridgehead atoms. The summed E-state index contributed by atoms with van der Waals surface area (Å²) in [6.45, 7) is 3.78. The summed E-state index contributed by atoms with van der Waals surface area (Å²) in [5.41, 5.74) is 1.52. The molecular weight excluding hydrogens is 370 g/mol. The molecule has 0 radical (unpaired) electrons. The molecule has 1 aromatic carbocycles. The van der Waals surface area contributed by atoms with Crippen molar-refractivity contribution >= 4 is 15.7 Å². The molecule has 1 unspecified atom stereocenters. The van der Waals surface area contributed by atoms with Gasteiger partial charge in [-0.1, -0.05) is 13.8 Å². The minimum atomic E-state index is -3.79. The lowest BCUT2D eigenvalue weighted by Crippen LogP contribution is -2.31. The molecule has 0 aromatic heterocycles. The summed E-state index contributed by atoms with van der Waals surface area (Å²) in [7, 11) is -2.28. The zero-order valence-corrected chi connectivity index (χ0v) is 16.9. The third kappa shape index (κ3) is 5.59. The highest BCUT2D eigenvalue weighted by molar-refractivity contribution is 7.92. The molecule has 2 rings (SSSR count). The van der Waals surface area contributed by atoms with Gasteiger partial charge >= 0.3 is 0 Å². The molecule has 1 aromatic rings. The first-order valence-electron chi connectivity index (χ1n) is 9.29. The van der Waals surface area contributed by atoms with Crippen molar-refractivity contribution in [3.8, 4) is 11.5 Å². The van der Waals surface area contributed by atoms with E-state index in [0.717, 1.165) is 25.7 Å². The van der Waals surface area contributed by atoms with E-state index in [9.17, 15) is 13.2 Å². The number of carbonyl (C=O) groups is 1. The number of methoxy groups -OCH3 is 1. The monoisotopic (exact) mass is 399 g/mol. The lowest BCUT2D eigenvalue weighted by molar-refractivity contribution is -0.129. The first-order valence-corrected chi connectivity index (χ1v) is 10.8.